The number of hydrogen-bond acceptors (Lipinski definition) is 0. The fourth-order valence-electron chi connectivity index (χ4n) is 2.03. The van der Waals surface area contributed by atoms with Crippen molar-refractivity contribution in [3.63, 3.8) is 0 Å². The van der Waals surface area contributed by atoms with Gasteiger partial charge in [0.25, 0.3) is 0 Å². The number of unbranched alkanes of at least 4 members (excludes halogenated alkanes) is 5. The lowest BCUT2D eigenvalue weighted by atomic mass is 9.94. The van der Waals surface area contributed by atoms with Gasteiger partial charge in [-0.05, 0) is 12.3 Å². The van der Waals surface area contributed by atoms with E-state index in [4.69, 9.17) is 0 Å². The average Bonchev–Trinajstić information content (AvgIpc) is 2.21. The molecular formula is C14H29. The van der Waals surface area contributed by atoms with Gasteiger partial charge in [-0.3, -0.25) is 0 Å². The molecule has 0 fully saturated rings. The van der Waals surface area contributed by atoms with Crippen molar-refractivity contribution < 1.29 is 0 Å². The molecule has 0 aliphatic rings. The van der Waals surface area contributed by atoms with Gasteiger partial charge in [0.15, 0.2) is 0 Å². The minimum atomic E-state index is 1.01. The lowest BCUT2D eigenvalue weighted by molar-refractivity contribution is 0.413. The van der Waals surface area contributed by atoms with Crippen molar-refractivity contribution in [2.75, 3.05) is 0 Å². The summed E-state index contributed by atoms with van der Waals surface area (Å²) in [7, 11) is 0. The molecule has 14 heavy (non-hydrogen) atoms. The summed E-state index contributed by atoms with van der Waals surface area (Å²) >= 11 is 0. The fraction of sp³-hybridized carbons (Fsp3) is 0.929. The Balaban J connectivity index is 3.15. The normalized spacial score (nSPS) is 13.1. The molecule has 1 radical (unpaired) electrons. The van der Waals surface area contributed by atoms with Crippen LogP contribution in [0.5, 0.6) is 0 Å². The molecule has 0 heterocycles. The summed E-state index contributed by atoms with van der Waals surface area (Å²) in [6.45, 7) is 6.89. The van der Waals surface area contributed by atoms with E-state index in [9.17, 15) is 0 Å². The van der Waals surface area contributed by atoms with Crippen LogP contribution in [0.2, 0.25) is 0 Å². The molecule has 0 aliphatic heterocycles. The first-order valence-corrected chi connectivity index (χ1v) is 6.66. The van der Waals surface area contributed by atoms with Gasteiger partial charge in [0, 0.05) is 0 Å². The van der Waals surface area contributed by atoms with Gasteiger partial charge in [0.05, 0.1) is 0 Å². The van der Waals surface area contributed by atoms with Crippen LogP contribution in [0.15, 0.2) is 0 Å². The SMILES string of the molecule is CCC[CH]CCCCC(CC)CCC. The Bertz CT molecular complexity index is 96.2. The first kappa shape index (κ1) is 14.0. The summed E-state index contributed by atoms with van der Waals surface area (Å²) in [6.07, 6.45) is 14.9. The molecular weight excluding hydrogens is 168 g/mol. The van der Waals surface area contributed by atoms with E-state index >= 15 is 0 Å². The zero-order valence-electron chi connectivity index (χ0n) is 10.5. The molecule has 0 aliphatic carbocycles. The Morgan fingerprint density at radius 1 is 0.857 bits per heavy atom. The highest BCUT2D eigenvalue weighted by Gasteiger charge is 2.03. The molecule has 0 spiro atoms. The highest BCUT2D eigenvalue weighted by molar-refractivity contribution is 4.64. The van der Waals surface area contributed by atoms with Crippen molar-refractivity contribution >= 4 is 0 Å². The first-order chi connectivity index (χ1) is 6.85. The third-order valence-electron chi connectivity index (χ3n) is 3.04. The van der Waals surface area contributed by atoms with Crippen LogP contribution in [-0.4, -0.2) is 0 Å². The minimum absolute atomic E-state index is 1.01. The monoisotopic (exact) mass is 197 g/mol. The molecule has 0 saturated carbocycles. The standard InChI is InChI=1S/C14H29/c1-4-7-8-9-10-11-13-14(6-3)12-5-2/h8,14H,4-7,9-13H2,1-3H3. The minimum Gasteiger partial charge on any atom is -0.0654 e. The van der Waals surface area contributed by atoms with Crippen LogP contribution < -0.4 is 0 Å². The maximum absolute atomic E-state index is 2.46. The van der Waals surface area contributed by atoms with Crippen LogP contribution in [0.25, 0.3) is 0 Å². The molecule has 0 aromatic heterocycles. The number of hydrogen-bond donors (Lipinski definition) is 0. The molecule has 0 heteroatoms. The Labute approximate surface area is 91.5 Å². The lowest BCUT2D eigenvalue weighted by Gasteiger charge is -2.12. The van der Waals surface area contributed by atoms with E-state index in [1.807, 2.05) is 0 Å². The Morgan fingerprint density at radius 3 is 2.21 bits per heavy atom. The van der Waals surface area contributed by atoms with Crippen LogP contribution in [0.4, 0.5) is 0 Å². The van der Waals surface area contributed by atoms with Crippen molar-refractivity contribution in [1.29, 1.82) is 0 Å². The van der Waals surface area contributed by atoms with Gasteiger partial charge in [-0.1, -0.05) is 78.6 Å². The summed E-state index contributed by atoms with van der Waals surface area (Å²) in [4.78, 5) is 0. The molecule has 0 amide bonds. The predicted molar refractivity (Wildman–Crippen MR) is 66.4 cm³/mol. The Hall–Kier alpha value is 0. The van der Waals surface area contributed by atoms with Crippen LogP contribution in [-0.2, 0) is 0 Å². The van der Waals surface area contributed by atoms with Crippen LogP contribution in [0.1, 0.15) is 78.6 Å². The summed E-state index contributed by atoms with van der Waals surface area (Å²) in [5, 5.41) is 0. The van der Waals surface area contributed by atoms with E-state index in [-0.39, 0.29) is 0 Å². The third-order valence-corrected chi connectivity index (χ3v) is 3.04. The van der Waals surface area contributed by atoms with Gasteiger partial charge >= 0.3 is 0 Å². The lowest BCUT2D eigenvalue weighted by Crippen LogP contribution is -1.97. The predicted octanol–water partition coefficient (Wildman–Crippen LogP) is 5.38. The highest BCUT2D eigenvalue weighted by Crippen LogP contribution is 2.19. The van der Waals surface area contributed by atoms with Crippen molar-refractivity contribution in [1.82, 2.24) is 0 Å². The van der Waals surface area contributed by atoms with Gasteiger partial charge < -0.3 is 0 Å². The molecule has 1 atom stereocenters. The summed E-state index contributed by atoms with van der Waals surface area (Å²) in [5.41, 5.74) is 0. The molecule has 85 valence electrons. The first-order valence-electron chi connectivity index (χ1n) is 6.66. The van der Waals surface area contributed by atoms with Crippen molar-refractivity contribution in [2.45, 2.75) is 78.6 Å². The van der Waals surface area contributed by atoms with Crippen molar-refractivity contribution in [3.8, 4) is 0 Å². The van der Waals surface area contributed by atoms with E-state index in [2.05, 4.69) is 27.2 Å². The van der Waals surface area contributed by atoms with Crippen LogP contribution >= 0.6 is 0 Å². The number of rotatable bonds is 10. The van der Waals surface area contributed by atoms with Crippen molar-refractivity contribution in [3.05, 3.63) is 6.42 Å². The van der Waals surface area contributed by atoms with E-state index < -0.39 is 0 Å². The molecule has 0 bridgehead atoms. The van der Waals surface area contributed by atoms with Crippen molar-refractivity contribution in [2.24, 2.45) is 5.92 Å². The van der Waals surface area contributed by atoms with Crippen LogP contribution in [0, 0.1) is 12.3 Å². The quantitative estimate of drug-likeness (QED) is 0.413. The second kappa shape index (κ2) is 11.1. The van der Waals surface area contributed by atoms with E-state index in [0.717, 1.165) is 5.92 Å². The van der Waals surface area contributed by atoms with E-state index in [0.29, 0.717) is 0 Å². The molecule has 0 saturated heterocycles. The Morgan fingerprint density at radius 2 is 1.64 bits per heavy atom. The molecule has 0 rings (SSSR count). The van der Waals surface area contributed by atoms with Gasteiger partial charge in [0.2, 0.25) is 0 Å². The third kappa shape index (κ3) is 8.59. The Kier molecular flexibility index (Phi) is 11.1. The second-order valence-corrected chi connectivity index (χ2v) is 4.42. The molecule has 0 aromatic rings. The van der Waals surface area contributed by atoms with E-state index in [1.54, 1.807) is 0 Å². The fourth-order valence-corrected chi connectivity index (χ4v) is 2.03. The maximum Gasteiger partial charge on any atom is -0.0386 e. The summed E-state index contributed by atoms with van der Waals surface area (Å²) in [5.74, 6) is 1.01. The van der Waals surface area contributed by atoms with Crippen LogP contribution in [0.3, 0.4) is 0 Å². The van der Waals surface area contributed by atoms with Gasteiger partial charge in [-0.25, -0.2) is 0 Å². The van der Waals surface area contributed by atoms with Gasteiger partial charge in [-0.15, -0.1) is 0 Å². The smallest absolute Gasteiger partial charge is 0.0386 e. The zero-order valence-corrected chi connectivity index (χ0v) is 10.5. The van der Waals surface area contributed by atoms with Gasteiger partial charge in [0.1, 0.15) is 0 Å². The van der Waals surface area contributed by atoms with Gasteiger partial charge in [-0.2, -0.15) is 0 Å². The zero-order chi connectivity index (χ0) is 10.6. The second-order valence-electron chi connectivity index (χ2n) is 4.42. The largest absolute Gasteiger partial charge is 0.0654 e. The molecule has 1 unspecified atom stereocenters. The summed E-state index contributed by atoms with van der Waals surface area (Å²) < 4.78 is 0. The maximum atomic E-state index is 2.46. The average molecular weight is 197 g/mol. The summed E-state index contributed by atoms with van der Waals surface area (Å²) in [6, 6.07) is 0. The molecule has 0 aromatic carbocycles. The highest BCUT2D eigenvalue weighted by atomic mass is 14.1. The topological polar surface area (TPSA) is 0 Å². The molecule has 0 N–H and O–H groups in total. The van der Waals surface area contributed by atoms with E-state index in [1.165, 1.54) is 57.8 Å². The molecule has 0 nitrogen and oxygen atoms in total.